The smallest absolute Gasteiger partial charge is 0.242 e. The number of carbonyl (C=O) groups excluding carboxylic acids is 1. The Balaban J connectivity index is 1.62. The van der Waals surface area contributed by atoms with E-state index in [0.717, 1.165) is 30.4 Å². The summed E-state index contributed by atoms with van der Waals surface area (Å²) < 4.78 is 25.5. The number of benzene rings is 1. The number of imidazole rings is 1. The second kappa shape index (κ2) is 7.26. The fourth-order valence-electron chi connectivity index (χ4n) is 4.81. The van der Waals surface area contributed by atoms with E-state index in [1.807, 2.05) is 24.3 Å². The zero-order valence-corrected chi connectivity index (χ0v) is 16.6. The summed E-state index contributed by atoms with van der Waals surface area (Å²) in [6, 6.07) is 7.89. The molecule has 7 heteroatoms. The van der Waals surface area contributed by atoms with Crippen molar-refractivity contribution in [2.45, 2.75) is 56.9 Å². The summed E-state index contributed by atoms with van der Waals surface area (Å²) in [5.41, 5.74) is 1.55. The normalized spacial score (nSPS) is 21.4. The van der Waals surface area contributed by atoms with Gasteiger partial charge < -0.3 is 9.47 Å². The van der Waals surface area contributed by atoms with Crippen LogP contribution in [0.15, 0.2) is 24.3 Å². The molecule has 6 nitrogen and oxygen atoms in total. The van der Waals surface area contributed by atoms with Gasteiger partial charge in [-0.3, -0.25) is 4.79 Å². The standard InChI is InChI=1S/C20H27N3O3S/c1-27(25,26)14-19-21-16-9-4-5-10-18(16)23(19)13-20(24)22-12-6-11-17(22)15-7-2-3-8-15/h4-5,9-10,15,17H,2-3,6-8,11-14H2,1H3. The predicted molar refractivity (Wildman–Crippen MR) is 105 cm³/mol. The quantitative estimate of drug-likeness (QED) is 0.788. The van der Waals surface area contributed by atoms with Gasteiger partial charge in [0.2, 0.25) is 5.91 Å². The van der Waals surface area contributed by atoms with E-state index in [9.17, 15) is 13.2 Å². The fourth-order valence-corrected chi connectivity index (χ4v) is 5.50. The van der Waals surface area contributed by atoms with Gasteiger partial charge in [-0.25, -0.2) is 13.4 Å². The van der Waals surface area contributed by atoms with E-state index in [-0.39, 0.29) is 18.2 Å². The van der Waals surface area contributed by atoms with Gasteiger partial charge in [0.1, 0.15) is 18.1 Å². The summed E-state index contributed by atoms with van der Waals surface area (Å²) in [7, 11) is -3.23. The number of sulfone groups is 1. The van der Waals surface area contributed by atoms with E-state index in [1.165, 1.54) is 31.9 Å². The van der Waals surface area contributed by atoms with Crippen LogP contribution < -0.4 is 0 Å². The van der Waals surface area contributed by atoms with Gasteiger partial charge in [0, 0.05) is 18.8 Å². The molecule has 0 spiro atoms. The molecule has 4 rings (SSSR count). The van der Waals surface area contributed by atoms with E-state index >= 15 is 0 Å². The molecule has 0 bridgehead atoms. The summed E-state index contributed by atoms with van der Waals surface area (Å²) >= 11 is 0. The molecule has 2 aliphatic rings. The molecule has 2 heterocycles. The molecular formula is C20H27N3O3S. The van der Waals surface area contributed by atoms with Crippen molar-refractivity contribution in [1.29, 1.82) is 0 Å². The van der Waals surface area contributed by atoms with Crippen molar-refractivity contribution in [2.75, 3.05) is 12.8 Å². The first-order valence-corrected chi connectivity index (χ1v) is 11.9. The Hall–Kier alpha value is -1.89. The zero-order chi connectivity index (χ0) is 19.0. The van der Waals surface area contributed by atoms with Crippen molar-refractivity contribution < 1.29 is 13.2 Å². The summed E-state index contributed by atoms with van der Waals surface area (Å²) in [4.78, 5) is 19.7. The Kier molecular flexibility index (Phi) is 4.97. The van der Waals surface area contributed by atoms with Crippen molar-refractivity contribution in [3.05, 3.63) is 30.1 Å². The monoisotopic (exact) mass is 389 g/mol. The molecule has 1 atom stereocenters. The summed E-state index contributed by atoms with van der Waals surface area (Å²) in [6.45, 7) is 0.975. The number of carbonyl (C=O) groups is 1. The molecule has 1 aliphatic heterocycles. The fraction of sp³-hybridized carbons (Fsp3) is 0.600. The molecule has 0 N–H and O–H groups in total. The first-order valence-electron chi connectivity index (χ1n) is 9.84. The topological polar surface area (TPSA) is 72.3 Å². The molecule has 1 aromatic heterocycles. The van der Waals surface area contributed by atoms with Crippen molar-refractivity contribution >= 4 is 26.8 Å². The van der Waals surface area contributed by atoms with Crippen molar-refractivity contribution in [3.8, 4) is 0 Å². The molecule has 1 aromatic carbocycles. The van der Waals surface area contributed by atoms with Crippen LogP contribution in [0.2, 0.25) is 0 Å². The van der Waals surface area contributed by atoms with Crippen LogP contribution in [0.1, 0.15) is 44.3 Å². The third kappa shape index (κ3) is 3.88. The third-order valence-electron chi connectivity index (χ3n) is 5.98. The van der Waals surface area contributed by atoms with Gasteiger partial charge in [-0.05, 0) is 43.7 Å². The first-order chi connectivity index (χ1) is 12.9. The van der Waals surface area contributed by atoms with Crippen LogP contribution in [0.4, 0.5) is 0 Å². The minimum atomic E-state index is -3.23. The molecular weight excluding hydrogens is 362 g/mol. The average Bonchev–Trinajstić information content (AvgIpc) is 3.33. The Morgan fingerprint density at radius 2 is 1.89 bits per heavy atom. The Labute approximate surface area is 160 Å². The summed E-state index contributed by atoms with van der Waals surface area (Å²) in [5.74, 6) is 1.01. The number of amides is 1. The maximum Gasteiger partial charge on any atom is 0.242 e. The number of rotatable bonds is 5. The number of nitrogens with zero attached hydrogens (tertiary/aromatic N) is 3. The lowest BCUT2D eigenvalue weighted by atomic mass is 9.96. The molecule has 1 amide bonds. The SMILES string of the molecule is CS(=O)(=O)Cc1nc2ccccc2n1CC(=O)N1CCCC1C1CCCC1. The summed E-state index contributed by atoms with van der Waals surface area (Å²) in [6.07, 6.45) is 8.35. The largest absolute Gasteiger partial charge is 0.338 e. The highest BCUT2D eigenvalue weighted by Crippen LogP contribution is 2.35. The predicted octanol–water partition coefficient (Wildman–Crippen LogP) is 2.76. The van der Waals surface area contributed by atoms with Gasteiger partial charge in [0.25, 0.3) is 0 Å². The average molecular weight is 390 g/mol. The van der Waals surface area contributed by atoms with Gasteiger partial charge in [-0.2, -0.15) is 0 Å². The lowest BCUT2D eigenvalue weighted by Crippen LogP contribution is -2.41. The zero-order valence-electron chi connectivity index (χ0n) is 15.8. The van der Waals surface area contributed by atoms with Gasteiger partial charge >= 0.3 is 0 Å². The van der Waals surface area contributed by atoms with Crippen LogP contribution in [-0.2, 0) is 26.9 Å². The Morgan fingerprint density at radius 3 is 2.63 bits per heavy atom. The van der Waals surface area contributed by atoms with Gasteiger partial charge in [0.05, 0.1) is 11.0 Å². The maximum absolute atomic E-state index is 13.2. The van der Waals surface area contributed by atoms with Crippen molar-refractivity contribution in [3.63, 3.8) is 0 Å². The van der Waals surface area contributed by atoms with E-state index < -0.39 is 9.84 Å². The third-order valence-corrected chi connectivity index (χ3v) is 6.76. The highest BCUT2D eigenvalue weighted by molar-refractivity contribution is 7.89. The van der Waals surface area contributed by atoms with Crippen LogP contribution >= 0.6 is 0 Å². The highest BCUT2D eigenvalue weighted by atomic mass is 32.2. The summed E-state index contributed by atoms with van der Waals surface area (Å²) in [5, 5.41) is 0. The number of hydrogen-bond donors (Lipinski definition) is 0. The maximum atomic E-state index is 13.2. The molecule has 27 heavy (non-hydrogen) atoms. The first kappa shape index (κ1) is 18.5. The van der Waals surface area contributed by atoms with Gasteiger partial charge in [-0.1, -0.05) is 25.0 Å². The lowest BCUT2D eigenvalue weighted by Gasteiger charge is -2.30. The number of hydrogen-bond acceptors (Lipinski definition) is 4. The van der Waals surface area contributed by atoms with Crippen molar-refractivity contribution in [1.82, 2.24) is 14.5 Å². The van der Waals surface area contributed by atoms with E-state index in [1.54, 1.807) is 4.57 Å². The Morgan fingerprint density at radius 1 is 1.15 bits per heavy atom. The number of likely N-dealkylation sites (tertiary alicyclic amines) is 1. The van der Waals surface area contributed by atoms with Crippen LogP contribution in [0.25, 0.3) is 11.0 Å². The van der Waals surface area contributed by atoms with Crippen LogP contribution in [0, 0.1) is 5.92 Å². The van der Waals surface area contributed by atoms with Crippen LogP contribution in [0.3, 0.4) is 0 Å². The van der Waals surface area contributed by atoms with Crippen LogP contribution in [0.5, 0.6) is 0 Å². The number of para-hydroxylation sites is 2. The molecule has 146 valence electrons. The molecule has 0 radical (unpaired) electrons. The number of fused-ring (bicyclic) bond motifs is 1. The molecule has 1 aliphatic carbocycles. The van der Waals surface area contributed by atoms with Crippen molar-refractivity contribution in [2.24, 2.45) is 5.92 Å². The second-order valence-electron chi connectivity index (χ2n) is 8.01. The molecule has 1 saturated heterocycles. The lowest BCUT2D eigenvalue weighted by molar-refractivity contribution is -0.133. The minimum Gasteiger partial charge on any atom is -0.338 e. The van der Waals surface area contributed by atoms with E-state index in [2.05, 4.69) is 9.88 Å². The minimum absolute atomic E-state index is 0.0855. The van der Waals surface area contributed by atoms with Crippen LogP contribution in [-0.4, -0.2) is 47.6 Å². The molecule has 1 unspecified atom stereocenters. The molecule has 1 saturated carbocycles. The van der Waals surface area contributed by atoms with E-state index in [0.29, 0.717) is 17.8 Å². The highest BCUT2D eigenvalue weighted by Gasteiger charge is 2.36. The Bertz CT molecular complexity index is 945. The molecule has 2 aromatic rings. The number of aromatic nitrogens is 2. The van der Waals surface area contributed by atoms with Gasteiger partial charge in [-0.15, -0.1) is 0 Å². The molecule has 2 fully saturated rings. The van der Waals surface area contributed by atoms with Gasteiger partial charge in [0.15, 0.2) is 9.84 Å². The van der Waals surface area contributed by atoms with E-state index in [4.69, 9.17) is 0 Å². The second-order valence-corrected chi connectivity index (χ2v) is 10.2.